The van der Waals surface area contributed by atoms with Crippen LogP contribution in [0.1, 0.15) is 107 Å². The molecule has 1 aliphatic heterocycles. The number of allylic oxidation sites excluding steroid dienone is 1. The van der Waals surface area contributed by atoms with Crippen molar-refractivity contribution in [2.45, 2.75) is 136 Å². The van der Waals surface area contributed by atoms with Crippen molar-refractivity contribution < 1.29 is 33.5 Å². The van der Waals surface area contributed by atoms with Crippen LogP contribution in [0.15, 0.2) is 12.7 Å². The number of Topliss-reactive ketones (excluding diaryl/α,β-unsaturated/α-hetero) is 1. The summed E-state index contributed by atoms with van der Waals surface area (Å²) in [7, 11) is 0. The van der Waals surface area contributed by atoms with Gasteiger partial charge in [-0.1, -0.05) is 39.2 Å². The zero-order valence-electron chi connectivity index (χ0n) is 29.6. The van der Waals surface area contributed by atoms with Crippen LogP contribution in [0.25, 0.3) is 0 Å². The van der Waals surface area contributed by atoms with Crippen LogP contribution in [-0.2, 0) is 28.7 Å². The Hall–Kier alpha value is -3.44. The minimum Gasteiger partial charge on any atom is -0.460 e. The van der Waals surface area contributed by atoms with E-state index in [0.29, 0.717) is 13.0 Å². The van der Waals surface area contributed by atoms with E-state index in [1.165, 1.54) is 0 Å². The normalized spacial score (nSPS) is 23.4. The molecule has 3 fully saturated rings. The molecule has 5 amide bonds. The number of fused-ring (bicyclic) bond motifs is 1. The molecular weight excluding hydrogens is 602 g/mol. The SMILES string of the molecule is C=CCC[C@@H](NC(=O)[C@@H]1[C@@H]2C(CN1C(=O)[C@@H](NC(=O)NC(C)(C)C)C1CCCCC1)C2(C)C)C(=O)C(=O)NCCC(=O)OC(C)(C)C. The zero-order valence-corrected chi connectivity index (χ0v) is 29.6. The Labute approximate surface area is 279 Å². The monoisotopic (exact) mass is 659 g/mol. The highest BCUT2D eigenvalue weighted by Crippen LogP contribution is 2.65. The maximum Gasteiger partial charge on any atom is 0.315 e. The van der Waals surface area contributed by atoms with Gasteiger partial charge >= 0.3 is 12.0 Å². The second-order valence-electron chi connectivity index (χ2n) is 16.0. The van der Waals surface area contributed by atoms with Crippen molar-refractivity contribution in [3.05, 3.63) is 12.7 Å². The lowest BCUT2D eigenvalue weighted by Gasteiger charge is -2.37. The Balaban J connectivity index is 1.77. The lowest BCUT2D eigenvalue weighted by molar-refractivity contribution is -0.154. The number of ketones is 1. The molecule has 47 heavy (non-hydrogen) atoms. The zero-order chi connectivity index (χ0) is 35.3. The number of hydrogen-bond acceptors (Lipinski definition) is 7. The van der Waals surface area contributed by atoms with Gasteiger partial charge in [-0.25, -0.2) is 4.79 Å². The van der Waals surface area contributed by atoms with Crippen LogP contribution in [0.4, 0.5) is 4.79 Å². The van der Waals surface area contributed by atoms with Gasteiger partial charge in [0.2, 0.25) is 17.6 Å². The number of nitrogens with zero attached hydrogens (tertiary/aromatic N) is 1. The Morgan fingerprint density at radius 3 is 2.19 bits per heavy atom. The molecular formula is C35H57N5O7. The fraction of sp³-hybridized carbons (Fsp3) is 0.771. The van der Waals surface area contributed by atoms with E-state index in [4.69, 9.17) is 4.74 Å². The maximum absolute atomic E-state index is 14.3. The summed E-state index contributed by atoms with van der Waals surface area (Å²) < 4.78 is 5.25. The average molecular weight is 660 g/mol. The first-order chi connectivity index (χ1) is 21.8. The van der Waals surface area contributed by atoms with Crippen molar-refractivity contribution in [2.24, 2.45) is 23.2 Å². The summed E-state index contributed by atoms with van der Waals surface area (Å²) in [4.78, 5) is 81.1. The number of carbonyl (C=O) groups excluding carboxylic acids is 6. The molecule has 1 saturated heterocycles. The highest BCUT2D eigenvalue weighted by Gasteiger charge is 2.69. The van der Waals surface area contributed by atoms with E-state index in [0.717, 1.165) is 32.1 Å². The van der Waals surface area contributed by atoms with E-state index < -0.39 is 58.9 Å². The van der Waals surface area contributed by atoms with Crippen LogP contribution in [0.5, 0.6) is 0 Å². The van der Waals surface area contributed by atoms with Gasteiger partial charge in [0.25, 0.3) is 5.91 Å². The third-order valence-electron chi connectivity index (χ3n) is 9.47. The standard InChI is InChI=1S/C35H57N5O7/c1-10-11-17-23(28(42)30(44)36-19-18-24(41)47-34(5,6)7)37-29(43)27-25-22(35(25,8)9)20-40(27)31(45)26(21-15-13-12-14-16-21)38-32(46)39-33(2,3)4/h10,21-23,25-27H,1,11-20H2,2-9H3,(H,36,44)(H,37,43)(H2,38,39,46)/t22?,23-,25+,26+,27+/m1/s1. The van der Waals surface area contributed by atoms with Gasteiger partial charge in [0.1, 0.15) is 17.7 Å². The molecule has 5 atom stereocenters. The van der Waals surface area contributed by atoms with E-state index in [2.05, 4.69) is 41.7 Å². The van der Waals surface area contributed by atoms with Crippen LogP contribution in [0, 0.1) is 23.2 Å². The molecule has 0 radical (unpaired) electrons. The quantitative estimate of drug-likeness (QED) is 0.134. The number of hydrogen-bond donors (Lipinski definition) is 4. The minimum atomic E-state index is -1.15. The summed E-state index contributed by atoms with van der Waals surface area (Å²) in [6, 6.07) is -3.22. The number of rotatable bonds is 13. The Bertz CT molecular complexity index is 1210. The topological polar surface area (TPSA) is 163 Å². The van der Waals surface area contributed by atoms with E-state index in [1.807, 2.05) is 20.8 Å². The molecule has 1 unspecified atom stereocenters. The van der Waals surface area contributed by atoms with Crippen molar-refractivity contribution in [2.75, 3.05) is 13.1 Å². The summed E-state index contributed by atoms with van der Waals surface area (Å²) in [5.41, 5.74) is -1.36. The summed E-state index contributed by atoms with van der Waals surface area (Å²) >= 11 is 0. The van der Waals surface area contributed by atoms with Crippen LogP contribution in [0.2, 0.25) is 0 Å². The number of esters is 1. The van der Waals surface area contributed by atoms with Crippen molar-refractivity contribution in [1.29, 1.82) is 0 Å². The highest BCUT2D eigenvalue weighted by atomic mass is 16.6. The van der Waals surface area contributed by atoms with Crippen LogP contribution in [-0.4, -0.2) is 82.8 Å². The second kappa shape index (κ2) is 15.2. The smallest absolute Gasteiger partial charge is 0.315 e. The Morgan fingerprint density at radius 1 is 0.979 bits per heavy atom. The number of amides is 5. The molecule has 2 saturated carbocycles. The Morgan fingerprint density at radius 2 is 1.62 bits per heavy atom. The van der Waals surface area contributed by atoms with Gasteiger partial charge in [0, 0.05) is 18.6 Å². The number of likely N-dealkylation sites (tertiary alicyclic amines) is 1. The lowest BCUT2D eigenvalue weighted by atomic mass is 9.83. The predicted octanol–water partition coefficient (Wildman–Crippen LogP) is 3.38. The molecule has 3 aliphatic rings. The number of nitrogens with one attached hydrogen (secondary N) is 4. The lowest BCUT2D eigenvalue weighted by Crippen LogP contribution is -2.61. The second-order valence-corrected chi connectivity index (χ2v) is 16.0. The first-order valence-electron chi connectivity index (χ1n) is 17.1. The van der Waals surface area contributed by atoms with Gasteiger partial charge in [-0.15, -0.1) is 6.58 Å². The fourth-order valence-electron chi connectivity index (χ4n) is 7.08. The number of ether oxygens (including phenoxy) is 1. The molecule has 0 aromatic carbocycles. The number of carbonyl (C=O) groups is 6. The van der Waals surface area contributed by atoms with Crippen LogP contribution < -0.4 is 21.3 Å². The van der Waals surface area contributed by atoms with Crippen LogP contribution >= 0.6 is 0 Å². The van der Waals surface area contributed by atoms with E-state index in [-0.39, 0.29) is 48.5 Å². The largest absolute Gasteiger partial charge is 0.460 e. The average Bonchev–Trinajstić information content (AvgIpc) is 3.26. The molecule has 1 heterocycles. The summed E-state index contributed by atoms with van der Waals surface area (Å²) in [5.74, 6) is -3.14. The molecule has 264 valence electrons. The minimum absolute atomic E-state index is 0.0538. The number of urea groups is 1. The van der Waals surface area contributed by atoms with Gasteiger partial charge in [-0.05, 0) is 90.4 Å². The third-order valence-corrected chi connectivity index (χ3v) is 9.47. The summed E-state index contributed by atoms with van der Waals surface area (Å²) in [6.45, 7) is 18.9. The molecule has 4 N–H and O–H groups in total. The third kappa shape index (κ3) is 10.3. The van der Waals surface area contributed by atoms with Gasteiger partial charge in [0.15, 0.2) is 0 Å². The van der Waals surface area contributed by atoms with Gasteiger partial charge in [0.05, 0.1) is 12.5 Å². The molecule has 0 aromatic heterocycles. The first kappa shape index (κ1) is 38.0. The van der Waals surface area contributed by atoms with Gasteiger partial charge < -0.3 is 30.9 Å². The van der Waals surface area contributed by atoms with E-state index in [1.54, 1.807) is 31.7 Å². The number of piperidine rings is 1. The summed E-state index contributed by atoms with van der Waals surface area (Å²) in [5, 5.41) is 11.1. The van der Waals surface area contributed by atoms with Crippen molar-refractivity contribution >= 4 is 35.5 Å². The van der Waals surface area contributed by atoms with E-state index in [9.17, 15) is 28.8 Å². The van der Waals surface area contributed by atoms with Crippen molar-refractivity contribution in [1.82, 2.24) is 26.2 Å². The van der Waals surface area contributed by atoms with Crippen molar-refractivity contribution in [3.8, 4) is 0 Å². The highest BCUT2D eigenvalue weighted by molar-refractivity contribution is 6.38. The van der Waals surface area contributed by atoms with Crippen LogP contribution in [0.3, 0.4) is 0 Å². The predicted molar refractivity (Wildman–Crippen MR) is 178 cm³/mol. The van der Waals surface area contributed by atoms with Crippen molar-refractivity contribution in [3.63, 3.8) is 0 Å². The molecule has 3 rings (SSSR count). The molecule has 2 aliphatic carbocycles. The molecule has 0 bridgehead atoms. The maximum atomic E-state index is 14.3. The molecule has 0 spiro atoms. The van der Waals surface area contributed by atoms with Gasteiger partial charge in [-0.3, -0.25) is 24.0 Å². The molecule has 0 aromatic rings. The first-order valence-corrected chi connectivity index (χ1v) is 17.1. The molecule has 12 nitrogen and oxygen atoms in total. The van der Waals surface area contributed by atoms with E-state index >= 15 is 0 Å². The Kier molecular flexibility index (Phi) is 12.3. The summed E-state index contributed by atoms with van der Waals surface area (Å²) in [6.07, 6.45) is 6.61. The fourth-order valence-corrected chi connectivity index (χ4v) is 7.08. The van der Waals surface area contributed by atoms with Gasteiger partial charge in [-0.2, -0.15) is 0 Å². The molecule has 12 heteroatoms.